The zero-order chi connectivity index (χ0) is 26.3. The largest absolute Gasteiger partial charge is 0.497 e. The van der Waals surface area contributed by atoms with Gasteiger partial charge in [-0.25, -0.2) is 14.1 Å². The third kappa shape index (κ3) is 3.65. The number of rotatable bonds is 6. The molecule has 0 saturated carbocycles. The molecule has 2 heterocycles. The number of methoxy groups -OCH3 is 3. The molecule has 0 unspecified atom stereocenters. The maximum atomic E-state index is 14.0. The molecule has 8 nitrogen and oxygen atoms in total. The van der Waals surface area contributed by atoms with Crippen molar-refractivity contribution in [2.75, 3.05) is 26.2 Å². The molecule has 5 rings (SSSR count). The van der Waals surface area contributed by atoms with Crippen molar-refractivity contribution < 1.29 is 33.0 Å². The topological polar surface area (TPSA) is 94.2 Å². The number of nitrogens with zero attached hydrogens (tertiary/aromatic N) is 1. The second-order valence-corrected chi connectivity index (χ2v) is 8.89. The fraction of sp³-hybridized carbons (Fsp3) is 0.250. The normalized spacial score (nSPS) is 24.6. The van der Waals surface area contributed by atoms with E-state index < -0.39 is 47.0 Å². The summed E-state index contributed by atoms with van der Waals surface area (Å²) in [6, 6.07) is 18.1. The summed E-state index contributed by atoms with van der Waals surface area (Å²) < 4.78 is 29.8. The molecule has 0 bridgehead atoms. The maximum absolute atomic E-state index is 14.0. The number of esters is 1. The maximum Gasteiger partial charge on any atom is 0.331 e. The van der Waals surface area contributed by atoms with E-state index >= 15 is 0 Å². The highest BCUT2D eigenvalue weighted by Crippen LogP contribution is 2.55. The zero-order valence-corrected chi connectivity index (χ0v) is 20.4. The first-order valence-electron chi connectivity index (χ1n) is 11.6. The fourth-order valence-electron chi connectivity index (χ4n) is 5.53. The summed E-state index contributed by atoms with van der Waals surface area (Å²) in [6.45, 7) is 0. The van der Waals surface area contributed by atoms with Gasteiger partial charge in [-0.2, -0.15) is 0 Å². The van der Waals surface area contributed by atoms with E-state index in [1.807, 2.05) is 0 Å². The number of carbonyl (C=O) groups excluding carboxylic acids is 3. The molecule has 9 heteroatoms. The molecule has 0 spiro atoms. The monoisotopic (exact) mass is 504 g/mol. The van der Waals surface area contributed by atoms with Crippen molar-refractivity contribution in [3.05, 3.63) is 89.7 Å². The van der Waals surface area contributed by atoms with E-state index in [4.69, 9.17) is 14.2 Å². The van der Waals surface area contributed by atoms with E-state index in [1.54, 1.807) is 48.5 Å². The number of hydrogen-bond acceptors (Lipinski definition) is 7. The molecule has 37 heavy (non-hydrogen) atoms. The second-order valence-electron chi connectivity index (χ2n) is 8.89. The van der Waals surface area contributed by atoms with Gasteiger partial charge in [-0.1, -0.05) is 36.4 Å². The molecule has 2 saturated heterocycles. The van der Waals surface area contributed by atoms with Crippen LogP contribution in [0.25, 0.3) is 0 Å². The number of ether oxygens (including phenoxy) is 3. The van der Waals surface area contributed by atoms with Crippen LogP contribution in [0.4, 0.5) is 10.1 Å². The summed E-state index contributed by atoms with van der Waals surface area (Å²) >= 11 is 0. The van der Waals surface area contributed by atoms with Gasteiger partial charge < -0.3 is 14.2 Å². The molecule has 3 aromatic carbocycles. The minimum atomic E-state index is -1.67. The van der Waals surface area contributed by atoms with Crippen LogP contribution in [0.5, 0.6) is 11.5 Å². The van der Waals surface area contributed by atoms with Gasteiger partial charge in [0.1, 0.15) is 17.3 Å². The van der Waals surface area contributed by atoms with Gasteiger partial charge in [0.15, 0.2) is 5.54 Å². The lowest BCUT2D eigenvalue weighted by Crippen LogP contribution is -2.53. The van der Waals surface area contributed by atoms with Crippen LogP contribution in [0.3, 0.4) is 0 Å². The number of imide groups is 1. The molecule has 4 atom stereocenters. The second kappa shape index (κ2) is 9.33. The predicted molar refractivity (Wildman–Crippen MR) is 131 cm³/mol. The van der Waals surface area contributed by atoms with Crippen LogP contribution in [0.15, 0.2) is 72.8 Å². The van der Waals surface area contributed by atoms with Crippen molar-refractivity contribution in [2.45, 2.75) is 11.6 Å². The molecule has 2 aliphatic rings. The Kier molecular flexibility index (Phi) is 6.16. The lowest BCUT2D eigenvalue weighted by Gasteiger charge is -2.33. The average Bonchev–Trinajstić information content (AvgIpc) is 3.43. The van der Waals surface area contributed by atoms with E-state index in [2.05, 4.69) is 5.32 Å². The molecular weight excluding hydrogens is 479 g/mol. The lowest BCUT2D eigenvalue weighted by molar-refractivity contribution is -0.152. The van der Waals surface area contributed by atoms with Gasteiger partial charge in [-0.3, -0.25) is 14.9 Å². The van der Waals surface area contributed by atoms with Gasteiger partial charge in [0, 0.05) is 17.7 Å². The lowest BCUT2D eigenvalue weighted by atomic mass is 9.75. The van der Waals surface area contributed by atoms with Crippen LogP contribution < -0.4 is 19.7 Å². The minimum absolute atomic E-state index is 0.220. The van der Waals surface area contributed by atoms with E-state index in [0.717, 1.165) is 4.90 Å². The predicted octanol–water partition coefficient (Wildman–Crippen LogP) is 3.36. The van der Waals surface area contributed by atoms with Crippen LogP contribution in [-0.2, 0) is 24.7 Å². The molecule has 190 valence electrons. The van der Waals surface area contributed by atoms with Crippen LogP contribution in [0, 0.1) is 17.7 Å². The van der Waals surface area contributed by atoms with Gasteiger partial charge in [0.2, 0.25) is 11.8 Å². The Balaban J connectivity index is 1.74. The van der Waals surface area contributed by atoms with Crippen LogP contribution in [0.2, 0.25) is 0 Å². The van der Waals surface area contributed by atoms with E-state index in [1.165, 1.54) is 45.6 Å². The molecular formula is C28H25FN2O6. The van der Waals surface area contributed by atoms with Crippen molar-refractivity contribution in [1.29, 1.82) is 0 Å². The van der Waals surface area contributed by atoms with Gasteiger partial charge >= 0.3 is 5.97 Å². The first-order valence-corrected chi connectivity index (χ1v) is 11.6. The summed E-state index contributed by atoms with van der Waals surface area (Å²) in [5.74, 6) is -3.47. The smallest absolute Gasteiger partial charge is 0.331 e. The first kappa shape index (κ1) is 24.5. The highest BCUT2D eigenvalue weighted by Gasteiger charge is 2.70. The van der Waals surface area contributed by atoms with Crippen LogP contribution in [-0.4, -0.2) is 39.1 Å². The van der Waals surface area contributed by atoms with Crippen LogP contribution >= 0.6 is 0 Å². The zero-order valence-electron chi connectivity index (χ0n) is 20.4. The Labute approximate surface area is 212 Å². The number of anilines is 1. The summed E-state index contributed by atoms with van der Waals surface area (Å²) in [5, 5.41) is 3.32. The van der Waals surface area contributed by atoms with Crippen molar-refractivity contribution in [3.63, 3.8) is 0 Å². The quantitative estimate of drug-likeness (QED) is 0.406. The van der Waals surface area contributed by atoms with Gasteiger partial charge in [0.25, 0.3) is 0 Å². The molecule has 2 aliphatic heterocycles. The number of halogens is 1. The third-order valence-corrected chi connectivity index (χ3v) is 7.16. The number of nitrogens with one attached hydrogen (secondary N) is 1. The van der Waals surface area contributed by atoms with Crippen molar-refractivity contribution >= 4 is 23.5 Å². The van der Waals surface area contributed by atoms with Crippen molar-refractivity contribution in [3.8, 4) is 11.5 Å². The Morgan fingerprint density at radius 2 is 1.62 bits per heavy atom. The molecule has 0 aromatic heterocycles. The highest BCUT2D eigenvalue weighted by molar-refractivity contribution is 6.24. The Morgan fingerprint density at radius 1 is 0.919 bits per heavy atom. The Morgan fingerprint density at radius 3 is 2.24 bits per heavy atom. The number of benzene rings is 3. The SMILES string of the molecule is COC(=O)[C@@]1(c2ccccc2)N[C@@H](c2ccc(OC)cc2OC)[C@H]2C(=O)N(c3ccc(F)cc3)C(=O)[C@H]21. The molecule has 0 aliphatic carbocycles. The van der Waals surface area contributed by atoms with E-state index in [0.29, 0.717) is 22.6 Å². The van der Waals surface area contributed by atoms with E-state index in [-0.39, 0.29) is 5.69 Å². The number of fused-ring (bicyclic) bond motifs is 1. The summed E-state index contributed by atoms with van der Waals surface area (Å²) in [7, 11) is 4.25. The third-order valence-electron chi connectivity index (χ3n) is 7.16. The van der Waals surface area contributed by atoms with Gasteiger partial charge in [-0.05, 0) is 35.9 Å². The van der Waals surface area contributed by atoms with Crippen molar-refractivity contribution in [2.24, 2.45) is 11.8 Å². The first-order chi connectivity index (χ1) is 17.9. The number of hydrogen-bond donors (Lipinski definition) is 1. The summed E-state index contributed by atoms with van der Waals surface area (Å²) in [5.41, 5.74) is -0.397. The number of carbonyl (C=O) groups is 3. The molecule has 2 fully saturated rings. The van der Waals surface area contributed by atoms with Gasteiger partial charge in [0.05, 0.1) is 38.9 Å². The molecule has 3 aromatic rings. The van der Waals surface area contributed by atoms with Gasteiger partial charge in [-0.15, -0.1) is 0 Å². The van der Waals surface area contributed by atoms with Crippen molar-refractivity contribution in [1.82, 2.24) is 5.32 Å². The summed E-state index contributed by atoms with van der Waals surface area (Å²) in [4.78, 5) is 42.6. The molecule has 0 radical (unpaired) electrons. The molecule has 1 N–H and O–H groups in total. The Hall–Kier alpha value is -4.24. The Bertz CT molecular complexity index is 1360. The average molecular weight is 505 g/mol. The van der Waals surface area contributed by atoms with Crippen LogP contribution in [0.1, 0.15) is 17.2 Å². The van der Waals surface area contributed by atoms with E-state index in [9.17, 15) is 18.8 Å². The summed E-state index contributed by atoms with van der Waals surface area (Å²) in [6.07, 6.45) is 0. The fourth-order valence-corrected chi connectivity index (χ4v) is 5.53. The highest BCUT2D eigenvalue weighted by atomic mass is 19.1. The standard InChI is InChI=1S/C28H25FN2O6/c1-35-19-13-14-20(21(15-19)36-2)24-22-23(26(33)31(25(22)32)18-11-9-17(29)10-12-18)28(30-24,27(34)37-3)16-7-5-4-6-8-16/h4-15,22-24,30H,1-3H3/t22-,23-,24-,28-/m0/s1. The number of amides is 2. The minimum Gasteiger partial charge on any atom is -0.497 e. The molecule has 2 amide bonds.